The second-order valence-corrected chi connectivity index (χ2v) is 4.15. The van der Waals surface area contributed by atoms with Gasteiger partial charge in [-0.25, -0.2) is 0 Å². The van der Waals surface area contributed by atoms with E-state index in [-0.39, 0.29) is 0 Å². The van der Waals surface area contributed by atoms with Gasteiger partial charge < -0.3 is 10.8 Å². The molecule has 0 saturated heterocycles. The molecule has 1 fully saturated rings. The van der Waals surface area contributed by atoms with Gasteiger partial charge in [-0.2, -0.15) is 0 Å². The molecule has 1 rings (SSSR count). The summed E-state index contributed by atoms with van der Waals surface area (Å²) < 4.78 is 0. The predicted molar refractivity (Wildman–Crippen MR) is 50.8 cm³/mol. The molecule has 0 bridgehead atoms. The lowest BCUT2D eigenvalue weighted by Gasteiger charge is -2.49. The summed E-state index contributed by atoms with van der Waals surface area (Å²) in [5, 5.41) is 10.2. The number of aliphatic hydroxyl groups is 1. The van der Waals surface area contributed by atoms with Crippen molar-refractivity contribution in [2.45, 2.75) is 45.1 Å². The van der Waals surface area contributed by atoms with Gasteiger partial charge in [0.15, 0.2) is 0 Å². The van der Waals surface area contributed by atoms with E-state index in [0.29, 0.717) is 18.4 Å². The number of rotatable bonds is 4. The van der Waals surface area contributed by atoms with Crippen molar-refractivity contribution in [1.82, 2.24) is 0 Å². The van der Waals surface area contributed by atoms with Gasteiger partial charge in [-0.15, -0.1) is 0 Å². The average molecular weight is 171 g/mol. The highest BCUT2D eigenvalue weighted by Gasteiger charge is 2.46. The predicted octanol–water partition coefficient (Wildman–Crippen LogP) is 1.52. The molecule has 0 aromatic carbocycles. The summed E-state index contributed by atoms with van der Waals surface area (Å²) in [6, 6.07) is 0. The Hall–Kier alpha value is -0.0800. The zero-order valence-electron chi connectivity index (χ0n) is 8.21. The molecule has 3 unspecified atom stereocenters. The minimum Gasteiger partial charge on any atom is -0.389 e. The molecule has 1 aliphatic rings. The molecule has 3 N–H and O–H groups in total. The Kier molecular flexibility index (Phi) is 3.13. The second-order valence-electron chi connectivity index (χ2n) is 4.15. The molecule has 0 aromatic heterocycles. The highest BCUT2D eigenvalue weighted by molar-refractivity contribution is 4.98. The maximum Gasteiger partial charge on any atom is 0.0713 e. The van der Waals surface area contributed by atoms with Crippen molar-refractivity contribution in [3.63, 3.8) is 0 Å². The zero-order chi connectivity index (χ0) is 9.19. The molecular formula is C10H21NO. The maximum atomic E-state index is 10.2. The van der Waals surface area contributed by atoms with E-state index < -0.39 is 5.60 Å². The lowest BCUT2D eigenvalue weighted by Crippen LogP contribution is -2.53. The summed E-state index contributed by atoms with van der Waals surface area (Å²) in [7, 11) is 0. The lowest BCUT2D eigenvalue weighted by atomic mass is 9.62. The molecule has 72 valence electrons. The van der Waals surface area contributed by atoms with Gasteiger partial charge in [0, 0.05) is 5.92 Å². The van der Waals surface area contributed by atoms with Gasteiger partial charge in [-0.3, -0.25) is 0 Å². The van der Waals surface area contributed by atoms with Crippen LogP contribution in [0, 0.1) is 11.8 Å². The largest absolute Gasteiger partial charge is 0.389 e. The van der Waals surface area contributed by atoms with Crippen LogP contribution in [0.2, 0.25) is 0 Å². The normalized spacial score (nSPS) is 37.5. The van der Waals surface area contributed by atoms with Crippen LogP contribution in [-0.4, -0.2) is 17.3 Å². The molecule has 1 saturated carbocycles. The fourth-order valence-electron chi connectivity index (χ4n) is 2.26. The Morgan fingerprint density at radius 2 is 2.33 bits per heavy atom. The smallest absolute Gasteiger partial charge is 0.0713 e. The summed E-state index contributed by atoms with van der Waals surface area (Å²) in [6.07, 6.45) is 4.31. The molecule has 12 heavy (non-hydrogen) atoms. The minimum atomic E-state index is -0.426. The molecule has 2 nitrogen and oxygen atoms in total. The van der Waals surface area contributed by atoms with Crippen molar-refractivity contribution >= 4 is 0 Å². The van der Waals surface area contributed by atoms with Crippen LogP contribution in [0.5, 0.6) is 0 Å². The van der Waals surface area contributed by atoms with Crippen molar-refractivity contribution in [3.05, 3.63) is 0 Å². The highest BCUT2D eigenvalue weighted by atomic mass is 16.3. The van der Waals surface area contributed by atoms with Crippen LogP contribution < -0.4 is 5.73 Å². The van der Waals surface area contributed by atoms with E-state index in [2.05, 4.69) is 13.8 Å². The Balaban J connectivity index is 2.51. The maximum absolute atomic E-state index is 10.2. The van der Waals surface area contributed by atoms with Crippen LogP contribution in [0.1, 0.15) is 39.5 Å². The van der Waals surface area contributed by atoms with Gasteiger partial charge in [0.05, 0.1) is 5.60 Å². The molecule has 1 aliphatic carbocycles. The topological polar surface area (TPSA) is 46.2 Å². The standard InChI is InChI=1S/C10H21NO/c1-3-4-9(7-11)10(12)6-5-8(10)2/h8-9,12H,3-7,11H2,1-2H3. The molecule has 0 radical (unpaired) electrons. The van der Waals surface area contributed by atoms with Gasteiger partial charge in [0.25, 0.3) is 0 Å². The SMILES string of the molecule is CCCC(CN)C1(O)CCC1C. The Morgan fingerprint density at radius 3 is 2.58 bits per heavy atom. The fraction of sp³-hybridized carbons (Fsp3) is 1.00. The third-order valence-corrected chi connectivity index (χ3v) is 3.46. The zero-order valence-corrected chi connectivity index (χ0v) is 8.21. The molecular weight excluding hydrogens is 150 g/mol. The number of nitrogens with two attached hydrogens (primary N) is 1. The van der Waals surface area contributed by atoms with Gasteiger partial charge >= 0.3 is 0 Å². The van der Waals surface area contributed by atoms with Crippen molar-refractivity contribution in [3.8, 4) is 0 Å². The monoisotopic (exact) mass is 171 g/mol. The van der Waals surface area contributed by atoms with Crippen molar-refractivity contribution in [2.24, 2.45) is 17.6 Å². The fourth-order valence-corrected chi connectivity index (χ4v) is 2.26. The summed E-state index contributed by atoms with van der Waals surface area (Å²) in [4.78, 5) is 0. The highest BCUT2D eigenvalue weighted by Crippen LogP contribution is 2.44. The summed E-state index contributed by atoms with van der Waals surface area (Å²) in [5.41, 5.74) is 5.23. The van der Waals surface area contributed by atoms with Gasteiger partial charge in [-0.05, 0) is 31.7 Å². The number of hydrogen-bond donors (Lipinski definition) is 2. The molecule has 2 heteroatoms. The molecule has 0 aliphatic heterocycles. The third kappa shape index (κ3) is 1.50. The molecule has 0 amide bonds. The first-order valence-electron chi connectivity index (χ1n) is 5.07. The third-order valence-electron chi connectivity index (χ3n) is 3.46. The first-order valence-corrected chi connectivity index (χ1v) is 5.07. The van der Waals surface area contributed by atoms with E-state index in [4.69, 9.17) is 5.73 Å². The van der Waals surface area contributed by atoms with Crippen molar-refractivity contribution in [2.75, 3.05) is 6.54 Å². The average Bonchev–Trinajstić information content (AvgIpc) is 2.10. The molecule has 0 heterocycles. The summed E-state index contributed by atoms with van der Waals surface area (Å²) in [6.45, 7) is 4.91. The van der Waals surface area contributed by atoms with E-state index in [1.165, 1.54) is 0 Å². The van der Waals surface area contributed by atoms with E-state index in [1.54, 1.807) is 0 Å². The van der Waals surface area contributed by atoms with Crippen LogP contribution in [0.25, 0.3) is 0 Å². The second kappa shape index (κ2) is 3.75. The number of hydrogen-bond acceptors (Lipinski definition) is 2. The summed E-state index contributed by atoms with van der Waals surface area (Å²) >= 11 is 0. The Morgan fingerprint density at radius 1 is 1.67 bits per heavy atom. The summed E-state index contributed by atoms with van der Waals surface area (Å²) in [5.74, 6) is 0.781. The first-order chi connectivity index (χ1) is 5.65. The van der Waals surface area contributed by atoms with E-state index in [9.17, 15) is 5.11 Å². The van der Waals surface area contributed by atoms with Crippen LogP contribution in [0.4, 0.5) is 0 Å². The van der Waals surface area contributed by atoms with Crippen LogP contribution in [-0.2, 0) is 0 Å². The van der Waals surface area contributed by atoms with Crippen molar-refractivity contribution < 1.29 is 5.11 Å². The Labute approximate surface area is 75.2 Å². The van der Waals surface area contributed by atoms with Gasteiger partial charge in [0.1, 0.15) is 0 Å². The van der Waals surface area contributed by atoms with Crippen LogP contribution in [0.15, 0.2) is 0 Å². The van der Waals surface area contributed by atoms with E-state index in [0.717, 1.165) is 25.7 Å². The first kappa shape index (κ1) is 10.0. The minimum absolute atomic E-state index is 0.325. The Bertz CT molecular complexity index is 149. The van der Waals surface area contributed by atoms with E-state index >= 15 is 0 Å². The van der Waals surface area contributed by atoms with Gasteiger partial charge in [-0.1, -0.05) is 20.3 Å². The van der Waals surface area contributed by atoms with Crippen molar-refractivity contribution in [1.29, 1.82) is 0 Å². The molecule has 0 spiro atoms. The molecule has 3 atom stereocenters. The van der Waals surface area contributed by atoms with Crippen LogP contribution >= 0.6 is 0 Å². The quantitative estimate of drug-likeness (QED) is 0.673. The van der Waals surface area contributed by atoms with Crippen LogP contribution in [0.3, 0.4) is 0 Å². The lowest BCUT2D eigenvalue weighted by molar-refractivity contribution is -0.130. The van der Waals surface area contributed by atoms with E-state index in [1.807, 2.05) is 0 Å². The van der Waals surface area contributed by atoms with Gasteiger partial charge in [0.2, 0.25) is 0 Å². The molecule has 0 aromatic rings.